The Hall–Kier alpha value is -1.78. The highest BCUT2D eigenvalue weighted by Crippen LogP contribution is 2.34. The maximum atomic E-state index is 12.7. The Bertz CT molecular complexity index is 1090. The number of halogens is 2. The van der Waals surface area contributed by atoms with Crippen molar-refractivity contribution in [2.45, 2.75) is 23.5 Å². The molecule has 0 unspecified atom stereocenters. The molecule has 7 nitrogen and oxygen atoms in total. The van der Waals surface area contributed by atoms with E-state index in [0.29, 0.717) is 21.6 Å². The summed E-state index contributed by atoms with van der Waals surface area (Å²) in [6, 6.07) is 9.34. The van der Waals surface area contributed by atoms with Crippen molar-refractivity contribution in [3.05, 3.63) is 52.0 Å². The number of benzene rings is 2. The molecule has 1 aliphatic heterocycles. The molecular formula is C20H20Cl2N2O5S2. The standard InChI is InChI=1S/C20H20Cl2N2O5S2/c1-29-18-5-4-15(11-17(18)24-19(25)6-7-20(24)26)31(27,28)23-8-9-30-12-13-2-3-14(21)10-16(13)22/h2-5,10-11,23H,6-9,12H2,1H3. The first-order valence-corrected chi connectivity index (χ1v) is 12.7. The fourth-order valence-corrected chi connectivity index (χ4v) is 5.61. The van der Waals surface area contributed by atoms with Gasteiger partial charge in [-0.2, -0.15) is 11.8 Å². The molecule has 0 aromatic heterocycles. The van der Waals surface area contributed by atoms with E-state index in [-0.39, 0.29) is 47.5 Å². The molecule has 2 amide bonds. The second kappa shape index (κ2) is 10.2. The van der Waals surface area contributed by atoms with Crippen LogP contribution in [0.4, 0.5) is 5.69 Å². The minimum absolute atomic E-state index is 0.0541. The largest absolute Gasteiger partial charge is 0.495 e. The van der Waals surface area contributed by atoms with Gasteiger partial charge < -0.3 is 4.74 Å². The fraction of sp³-hybridized carbons (Fsp3) is 0.300. The van der Waals surface area contributed by atoms with Crippen molar-refractivity contribution in [3.8, 4) is 5.75 Å². The van der Waals surface area contributed by atoms with E-state index in [0.717, 1.165) is 10.5 Å². The van der Waals surface area contributed by atoms with E-state index in [4.69, 9.17) is 27.9 Å². The Morgan fingerprint density at radius 3 is 2.45 bits per heavy atom. The van der Waals surface area contributed by atoms with E-state index >= 15 is 0 Å². The van der Waals surface area contributed by atoms with E-state index in [1.54, 1.807) is 12.1 Å². The molecule has 2 aromatic carbocycles. The van der Waals surface area contributed by atoms with Crippen molar-refractivity contribution in [1.82, 2.24) is 4.72 Å². The summed E-state index contributed by atoms with van der Waals surface area (Å²) in [6.07, 6.45) is 0.179. The number of carbonyl (C=O) groups is 2. The summed E-state index contributed by atoms with van der Waals surface area (Å²) in [5.74, 6) is 0.609. The number of rotatable bonds is 9. The van der Waals surface area contributed by atoms with Gasteiger partial charge in [0.05, 0.1) is 17.7 Å². The van der Waals surface area contributed by atoms with E-state index < -0.39 is 10.0 Å². The lowest BCUT2D eigenvalue weighted by atomic mass is 10.2. The van der Waals surface area contributed by atoms with Crippen LogP contribution in [0.15, 0.2) is 41.3 Å². The van der Waals surface area contributed by atoms with Crippen LogP contribution >= 0.6 is 35.0 Å². The minimum Gasteiger partial charge on any atom is -0.495 e. The number of hydrogen-bond donors (Lipinski definition) is 1. The van der Waals surface area contributed by atoms with Gasteiger partial charge in [-0.25, -0.2) is 18.0 Å². The first-order chi connectivity index (χ1) is 14.7. The highest BCUT2D eigenvalue weighted by Gasteiger charge is 2.33. The third kappa shape index (κ3) is 5.72. The average molecular weight is 503 g/mol. The summed E-state index contributed by atoms with van der Waals surface area (Å²) >= 11 is 13.5. The van der Waals surface area contributed by atoms with Crippen LogP contribution in [-0.4, -0.2) is 39.6 Å². The van der Waals surface area contributed by atoms with Gasteiger partial charge in [0.2, 0.25) is 21.8 Å². The number of nitrogens with zero attached hydrogens (tertiary/aromatic N) is 1. The summed E-state index contributed by atoms with van der Waals surface area (Å²) in [7, 11) is -2.45. The van der Waals surface area contributed by atoms with Gasteiger partial charge in [-0.05, 0) is 35.9 Å². The third-order valence-corrected chi connectivity index (χ3v) is 7.62. The average Bonchev–Trinajstić information content (AvgIpc) is 3.06. The number of anilines is 1. The molecule has 166 valence electrons. The maximum absolute atomic E-state index is 12.7. The third-order valence-electron chi connectivity index (χ3n) is 4.56. The van der Waals surface area contributed by atoms with Gasteiger partial charge >= 0.3 is 0 Å². The van der Waals surface area contributed by atoms with Crippen LogP contribution in [0.3, 0.4) is 0 Å². The highest BCUT2D eigenvalue weighted by molar-refractivity contribution is 7.98. The van der Waals surface area contributed by atoms with Crippen molar-refractivity contribution >= 4 is 62.5 Å². The molecule has 0 saturated carbocycles. The van der Waals surface area contributed by atoms with Crippen molar-refractivity contribution in [3.63, 3.8) is 0 Å². The van der Waals surface area contributed by atoms with Crippen molar-refractivity contribution in [2.75, 3.05) is 24.3 Å². The van der Waals surface area contributed by atoms with Gasteiger partial charge in [0.25, 0.3) is 0 Å². The first kappa shape index (κ1) is 23.9. The normalized spacial score (nSPS) is 14.4. The quantitative estimate of drug-likeness (QED) is 0.413. The number of amides is 2. The molecule has 1 heterocycles. The Morgan fingerprint density at radius 2 is 1.81 bits per heavy atom. The van der Waals surface area contributed by atoms with Gasteiger partial charge in [-0.1, -0.05) is 29.3 Å². The van der Waals surface area contributed by atoms with Gasteiger partial charge in [0.1, 0.15) is 5.75 Å². The number of carbonyl (C=O) groups excluding carboxylic acids is 2. The second-order valence-electron chi connectivity index (χ2n) is 6.64. The molecule has 31 heavy (non-hydrogen) atoms. The first-order valence-electron chi connectivity index (χ1n) is 9.28. The molecule has 2 aromatic rings. The number of nitrogens with one attached hydrogen (secondary N) is 1. The Kier molecular flexibility index (Phi) is 7.87. The van der Waals surface area contributed by atoms with Crippen LogP contribution in [0.2, 0.25) is 10.0 Å². The summed E-state index contributed by atoms with van der Waals surface area (Å²) in [5, 5.41) is 1.13. The van der Waals surface area contributed by atoms with E-state index in [1.165, 1.54) is 37.1 Å². The lowest BCUT2D eigenvalue weighted by molar-refractivity contribution is -0.121. The molecular weight excluding hydrogens is 483 g/mol. The minimum atomic E-state index is -3.84. The van der Waals surface area contributed by atoms with Crippen LogP contribution in [0, 0.1) is 0 Å². The van der Waals surface area contributed by atoms with Crippen molar-refractivity contribution in [2.24, 2.45) is 0 Å². The molecule has 3 rings (SSSR count). The Balaban J connectivity index is 1.64. The van der Waals surface area contributed by atoms with Gasteiger partial charge in [0.15, 0.2) is 0 Å². The number of methoxy groups -OCH3 is 1. The maximum Gasteiger partial charge on any atom is 0.240 e. The summed E-state index contributed by atoms with van der Waals surface area (Å²) in [6.45, 7) is 0.196. The van der Waals surface area contributed by atoms with Gasteiger partial charge in [-0.15, -0.1) is 0 Å². The second-order valence-corrected chi connectivity index (χ2v) is 10.4. The monoisotopic (exact) mass is 502 g/mol. The number of ether oxygens (including phenoxy) is 1. The lowest BCUT2D eigenvalue weighted by Crippen LogP contribution is -2.30. The van der Waals surface area contributed by atoms with E-state index in [2.05, 4.69) is 4.72 Å². The van der Waals surface area contributed by atoms with Crippen molar-refractivity contribution < 1.29 is 22.7 Å². The lowest BCUT2D eigenvalue weighted by Gasteiger charge is -2.18. The predicted octanol–water partition coefficient (Wildman–Crippen LogP) is 3.87. The molecule has 0 radical (unpaired) electrons. The summed E-state index contributed by atoms with van der Waals surface area (Å²) in [4.78, 5) is 25.1. The molecule has 0 spiro atoms. The van der Waals surface area contributed by atoms with Crippen LogP contribution < -0.4 is 14.4 Å². The van der Waals surface area contributed by atoms with Crippen LogP contribution in [0.1, 0.15) is 18.4 Å². The van der Waals surface area contributed by atoms with Crippen LogP contribution in [-0.2, 0) is 25.4 Å². The zero-order valence-corrected chi connectivity index (χ0v) is 19.7. The molecule has 0 aliphatic carbocycles. The van der Waals surface area contributed by atoms with Gasteiger partial charge in [-0.3, -0.25) is 9.59 Å². The molecule has 1 N–H and O–H groups in total. The summed E-state index contributed by atoms with van der Waals surface area (Å²) < 4.78 is 33.1. The Morgan fingerprint density at radius 1 is 1.10 bits per heavy atom. The molecule has 1 aliphatic rings. The van der Waals surface area contributed by atoms with Crippen LogP contribution in [0.5, 0.6) is 5.75 Å². The van der Waals surface area contributed by atoms with E-state index in [1.807, 2.05) is 6.07 Å². The zero-order chi connectivity index (χ0) is 22.6. The summed E-state index contributed by atoms with van der Waals surface area (Å²) in [5.41, 5.74) is 1.04. The van der Waals surface area contributed by atoms with E-state index in [9.17, 15) is 18.0 Å². The van der Waals surface area contributed by atoms with Crippen molar-refractivity contribution in [1.29, 1.82) is 0 Å². The highest BCUT2D eigenvalue weighted by atomic mass is 35.5. The number of sulfonamides is 1. The Labute approximate surface area is 195 Å². The molecule has 0 atom stereocenters. The number of hydrogen-bond acceptors (Lipinski definition) is 6. The molecule has 11 heteroatoms. The number of thioether (sulfide) groups is 1. The predicted molar refractivity (Wildman–Crippen MR) is 123 cm³/mol. The molecule has 1 fully saturated rings. The fourth-order valence-electron chi connectivity index (χ4n) is 3.01. The van der Waals surface area contributed by atoms with Crippen LogP contribution in [0.25, 0.3) is 0 Å². The SMILES string of the molecule is COc1ccc(S(=O)(=O)NCCSCc2ccc(Cl)cc2Cl)cc1N1C(=O)CCC1=O. The smallest absolute Gasteiger partial charge is 0.240 e. The van der Waals surface area contributed by atoms with Gasteiger partial charge in [0, 0.05) is 40.9 Å². The number of imide groups is 1. The topological polar surface area (TPSA) is 92.8 Å². The molecule has 1 saturated heterocycles. The molecule has 0 bridgehead atoms. The zero-order valence-electron chi connectivity index (χ0n) is 16.6.